The minimum Gasteiger partial charge on any atom is -0.380 e. The van der Waals surface area contributed by atoms with Crippen LogP contribution in [0.2, 0.25) is 0 Å². The van der Waals surface area contributed by atoms with Gasteiger partial charge in [-0.25, -0.2) is 4.98 Å². The van der Waals surface area contributed by atoms with E-state index < -0.39 is 0 Å². The first kappa shape index (κ1) is 13.7. The fourth-order valence-electron chi connectivity index (χ4n) is 1.60. The third kappa shape index (κ3) is 3.62. The highest BCUT2D eigenvalue weighted by Crippen LogP contribution is 2.16. The van der Waals surface area contributed by atoms with Crippen LogP contribution in [-0.2, 0) is 11.3 Å². The Morgan fingerprint density at radius 2 is 2.05 bits per heavy atom. The SMILES string of the molecule is COCc1ccc(NC(=O)c2cccnc2Br)cc1. The van der Waals surface area contributed by atoms with Gasteiger partial charge in [0.1, 0.15) is 4.60 Å². The lowest BCUT2D eigenvalue weighted by Gasteiger charge is -2.07. The number of carbonyl (C=O) groups is 1. The number of halogens is 1. The Morgan fingerprint density at radius 3 is 2.68 bits per heavy atom. The zero-order valence-corrected chi connectivity index (χ0v) is 12.0. The maximum Gasteiger partial charge on any atom is 0.258 e. The van der Waals surface area contributed by atoms with Crippen molar-refractivity contribution in [3.05, 3.63) is 58.3 Å². The Bertz CT molecular complexity index is 570. The lowest BCUT2D eigenvalue weighted by Crippen LogP contribution is -2.12. The highest BCUT2D eigenvalue weighted by molar-refractivity contribution is 9.10. The number of pyridine rings is 1. The summed E-state index contributed by atoms with van der Waals surface area (Å²) < 4.78 is 5.56. The summed E-state index contributed by atoms with van der Waals surface area (Å²) in [6, 6.07) is 11.0. The molecule has 0 aliphatic rings. The molecular formula is C14H13BrN2O2. The summed E-state index contributed by atoms with van der Waals surface area (Å²) in [7, 11) is 1.65. The van der Waals surface area contributed by atoms with Crippen LogP contribution in [0.1, 0.15) is 15.9 Å². The van der Waals surface area contributed by atoms with Crippen molar-refractivity contribution in [2.24, 2.45) is 0 Å². The molecule has 0 aliphatic heterocycles. The van der Waals surface area contributed by atoms with Gasteiger partial charge in [-0.2, -0.15) is 0 Å². The molecule has 5 heteroatoms. The number of hydrogen-bond acceptors (Lipinski definition) is 3. The maximum atomic E-state index is 12.0. The van der Waals surface area contributed by atoms with E-state index in [-0.39, 0.29) is 5.91 Å². The summed E-state index contributed by atoms with van der Waals surface area (Å²) in [5, 5.41) is 2.82. The fourth-order valence-corrected chi connectivity index (χ4v) is 2.04. The molecule has 1 heterocycles. The number of rotatable bonds is 4. The van der Waals surface area contributed by atoms with E-state index in [1.807, 2.05) is 24.3 Å². The van der Waals surface area contributed by atoms with Gasteiger partial charge in [0.05, 0.1) is 12.2 Å². The van der Waals surface area contributed by atoms with Crippen molar-refractivity contribution in [1.29, 1.82) is 0 Å². The summed E-state index contributed by atoms with van der Waals surface area (Å²) in [5.74, 6) is -0.195. The van der Waals surface area contributed by atoms with Crippen molar-refractivity contribution in [1.82, 2.24) is 4.98 Å². The topological polar surface area (TPSA) is 51.2 Å². The third-order valence-electron chi connectivity index (χ3n) is 2.53. The summed E-state index contributed by atoms with van der Waals surface area (Å²) >= 11 is 3.25. The second-order valence-electron chi connectivity index (χ2n) is 3.93. The summed E-state index contributed by atoms with van der Waals surface area (Å²) in [6.45, 7) is 0.558. The lowest BCUT2D eigenvalue weighted by atomic mass is 10.2. The number of amides is 1. The molecule has 0 saturated carbocycles. The van der Waals surface area contributed by atoms with Gasteiger partial charge in [-0.15, -0.1) is 0 Å². The second kappa shape index (κ2) is 6.45. The van der Waals surface area contributed by atoms with Crippen molar-refractivity contribution in [3.8, 4) is 0 Å². The van der Waals surface area contributed by atoms with Gasteiger partial charge in [0.15, 0.2) is 0 Å². The summed E-state index contributed by atoms with van der Waals surface area (Å²) in [5.41, 5.74) is 2.30. The largest absolute Gasteiger partial charge is 0.380 e. The van der Waals surface area contributed by atoms with Gasteiger partial charge in [0, 0.05) is 19.0 Å². The van der Waals surface area contributed by atoms with E-state index in [0.717, 1.165) is 11.3 Å². The normalized spacial score (nSPS) is 10.2. The molecule has 2 aromatic rings. The monoisotopic (exact) mass is 320 g/mol. The maximum absolute atomic E-state index is 12.0. The average Bonchev–Trinajstić information content (AvgIpc) is 2.42. The zero-order valence-electron chi connectivity index (χ0n) is 10.4. The van der Waals surface area contributed by atoms with Gasteiger partial charge in [0.2, 0.25) is 0 Å². The van der Waals surface area contributed by atoms with Crippen LogP contribution in [0.4, 0.5) is 5.69 Å². The van der Waals surface area contributed by atoms with E-state index in [1.54, 1.807) is 25.4 Å². The van der Waals surface area contributed by atoms with Crippen molar-refractivity contribution in [2.45, 2.75) is 6.61 Å². The minimum absolute atomic E-state index is 0.195. The van der Waals surface area contributed by atoms with Gasteiger partial charge in [-0.3, -0.25) is 4.79 Å². The molecule has 2 rings (SSSR count). The van der Waals surface area contributed by atoms with Crippen molar-refractivity contribution in [3.63, 3.8) is 0 Å². The molecule has 0 bridgehead atoms. The van der Waals surface area contributed by atoms with Crippen LogP contribution in [0.3, 0.4) is 0 Å². The quantitative estimate of drug-likeness (QED) is 0.880. The fraction of sp³-hybridized carbons (Fsp3) is 0.143. The molecular weight excluding hydrogens is 308 g/mol. The highest BCUT2D eigenvalue weighted by Gasteiger charge is 2.10. The van der Waals surface area contributed by atoms with E-state index in [9.17, 15) is 4.79 Å². The van der Waals surface area contributed by atoms with Crippen LogP contribution in [-0.4, -0.2) is 18.0 Å². The average molecular weight is 321 g/mol. The molecule has 0 radical (unpaired) electrons. The lowest BCUT2D eigenvalue weighted by molar-refractivity contribution is 0.102. The number of benzene rings is 1. The number of anilines is 1. The first-order chi connectivity index (χ1) is 9.20. The smallest absolute Gasteiger partial charge is 0.258 e. The predicted octanol–water partition coefficient (Wildman–Crippen LogP) is 3.24. The van der Waals surface area contributed by atoms with E-state index in [0.29, 0.717) is 16.8 Å². The molecule has 4 nitrogen and oxygen atoms in total. The number of carbonyl (C=O) groups excluding carboxylic acids is 1. The van der Waals surface area contributed by atoms with Gasteiger partial charge in [-0.1, -0.05) is 12.1 Å². The van der Waals surface area contributed by atoms with Crippen LogP contribution in [0, 0.1) is 0 Å². The van der Waals surface area contributed by atoms with Crippen molar-refractivity contribution in [2.75, 3.05) is 12.4 Å². The number of hydrogen-bond donors (Lipinski definition) is 1. The number of methoxy groups -OCH3 is 1. The molecule has 0 saturated heterocycles. The summed E-state index contributed by atoms with van der Waals surface area (Å²) in [6.07, 6.45) is 1.63. The Balaban J connectivity index is 2.09. The van der Waals surface area contributed by atoms with Gasteiger partial charge in [0.25, 0.3) is 5.91 Å². The number of aromatic nitrogens is 1. The molecule has 1 N–H and O–H groups in total. The van der Waals surface area contributed by atoms with E-state index >= 15 is 0 Å². The zero-order chi connectivity index (χ0) is 13.7. The van der Waals surface area contributed by atoms with E-state index in [2.05, 4.69) is 26.2 Å². The molecule has 0 atom stereocenters. The predicted molar refractivity (Wildman–Crippen MR) is 77.0 cm³/mol. The van der Waals surface area contributed by atoms with Gasteiger partial charge < -0.3 is 10.1 Å². The highest BCUT2D eigenvalue weighted by atomic mass is 79.9. The van der Waals surface area contributed by atoms with E-state index in [1.165, 1.54) is 0 Å². The van der Waals surface area contributed by atoms with Crippen molar-refractivity contribution >= 4 is 27.5 Å². The molecule has 1 aromatic carbocycles. The van der Waals surface area contributed by atoms with Gasteiger partial charge in [-0.05, 0) is 45.8 Å². The molecule has 0 aliphatic carbocycles. The number of nitrogens with one attached hydrogen (secondary N) is 1. The van der Waals surface area contributed by atoms with E-state index in [4.69, 9.17) is 4.74 Å². The summed E-state index contributed by atoms with van der Waals surface area (Å²) in [4.78, 5) is 16.1. The molecule has 1 aromatic heterocycles. The van der Waals surface area contributed by atoms with Crippen LogP contribution in [0.5, 0.6) is 0 Å². The molecule has 19 heavy (non-hydrogen) atoms. The number of ether oxygens (including phenoxy) is 1. The van der Waals surface area contributed by atoms with Crippen LogP contribution in [0.15, 0.2) is 47.2 Å². The first-order valence-electron chi connectivity index (χ1n) is 5.70. The Hall–Kier alpha value is -1.72. The Morgan fingerprint density at radius 1 is 1.32 bits per heavy atom. The molecule has 0 fully saturated rings. The molecule has 0 unspecified atom stereocenters. The Labute approximate surface area is 119 Å². The third-order valence-corrected chi connectivity index (χ3v) is 3.16. The molecule has 1 amide bonds. The second-order valence-corrected chi connectivity index (χ2v) is 4.68. The minimum atomic E-state index is -0.195. The molecule has 0 spiro atoms. The molecule has 98 valence electrons. The van der Waals surface area contributed by atoms with Crippen LogP contribution in [0.25, 0.3) is 0 Å². The van der Waals surface area contributed by atoms with Crippen molar-refractivity contribution < 1.29 is 9.53 Å². The standard InChI is InChI=1S/C14H13BrN2O2/c1-19-9-10-4-6-11(7-5-10)17-14(18)12-3-2-8-16-13(12)15/h2-8H,9H2,1H3,(H,17,18). The van der Waals surface area contributed by atoms with Gasteiger partial charge >= 0.3 is 0 Å². The van der Waals surface area contributed by atoms with Crippen LogP contribution < -0.4 is 5.32 Å². The Kier molecular flexibility index (Phi) is 4.65. The first-order valence-corrected chi connectivity index (χ1v) is 6.50. The van der Waals surface area contributed by atoms with Crippen LogP contribution >= 0.6 is 15.9 Å². The number of nitrogens with zero attached hydrogens (tertiary/aromatic N) is 1.